The number of anilines is 2. The molecule has 1 saturated carbocycles. The Balaban J connectivity index is 0.782. The van der Waals surface area contributed by atoms with Crippen LogP contribution in [0.2, 0.25) is 10.0 Å². The minimum atomic E-state index is -1.30. The van der Waals surface area contributed by atoms with Gasteiger partial charge in [-0.05, 0) is 91.5 Å². The Morgan fingerprint density at radius 3 is 2.44 bits per heavy atom. The second kappa shape index (κ2) is 16.5. The molecule has 0 unspecified atom stereocenters. The highest BCUT2D eigenvalue weighted by Gasteiger charge is 2.72. The monoisotopic (exact) mass is 897 g/mol. The number of fused-ring (bicyclic) bond motifs is 4. The number of carbonyl (C=O) groups is 5. The molecular formula is C46H50Cl2FN9O5. The van der Waals surface area contributed by atoms with Crippen LogP contribution in [0.5, 0.6) is 0 Å². The summed E-state index contributed by atoms with van der Waals surface area (Å²) in [4.78, 5) is 77.2. The number of piperidine rings is 2. The molecule has 6 aliphatic rings. The van der Waals surface area contributed by atoms with Gasteiger partial charge in [-0.1, -0.05) is 60.7 Å². The Labute approximate surface area is 374 Å². The fraction of sp³-hybridized carbons (Fsp3) is 0.478. The van der Waals surface area contributed by atoms with Crippen molar-refractivity contribution in [2.75, 3.05) is 49.5 Å². The molecule has 6 amide bonds. The van der Waals surface area contributed by atoms with E-state index < -0.39 is 34.8 Å². The van der Waals surface area contributed by atoms with Crippen molar-refractivity contribution in [1.82, 2.24) is 35.1 Å². The summed E-state index contributed by atoms with van der Waals surface area (Å²) in [7, 11) is 0. The van der Waals surface area contributed by atoms with Crippen molar-refractivity contribution in [3.05, 3.63) is 93.5 Å². The fourth-order valence-corrected chi connectivity index (χ4v) is 12.1. The molecule has 5 aliphatic heterocycles. The van der Waals surface area contributed by atoms with Gasteiger partial charge < -0.3 is 15.5 Å². The van der Waals surface area contributed by atoms with E-state index in [1.807, 2.05) is 33.7 Å². The lowest BCUT2D eigenvalue weighted by molar-refractivity contribution is -0.134. The van der Waals surface area contributed by atoms with Gasteiger partial charge in [-0.25, -0.2) is 14.2 Å². The van der Waals surface area contributed by atoms with Gasteiger partial charge in [0.1, 0.15) is 22.7 Å². The number of benzene rings is 2. The molecule has 3 atom stereocenters. The van der Waals surface area contributed by atoms with E-state index in [0.29, 0.717) is 87.0 Å². The predicted octanol–water partition coefficient (Wildman–Crippen LogP) is 5.86. The van der Waals surface area contributed by atoms with E-state index in [1.54, 1.807) is 30.5 Å². The first kappa shape index (κ1) is 41.9. The molecule has 2 aromatic carbocycles. The molecule has 330 valence electrons. The Hall–Kier alpha value is -5.09. The number of imide groups is 1. The van der Waals surface area contributed by atoms with E-state index in [-0.39, 0.29) is 52.6 Å². The molecule has 7 heterocycles. The summed E-state index contributed by atoms with van der Waals surface area (Å²) < 4.78 is 18.2. The highest BCUT2D eigenvalue weighted by atomic mass is 35.5. The molecule has 2 spiro atoms. The molecule has 63 heavy (non-hydrogen) atoms. The smallest absolute Gasteiger partial charge is 0.329 e. The maximum atomic E-state index is 16.3. The van der Waals surface area contributed by atoms with E-state index in [1.165, 1.54) is 11.0 Å². The van der Waals surface area contributed by atoms with Gasteiger partial charge in [-0.15, -0.1) is 0 Å². The summed E-state index contributed by atoms with van der Waals surface area (Å²) in [6, 6.07) is 12.7. The first-order chi connectivity index (χ1) is 30.5. The largest absolute Gasteiger partial charge is 0.352 e. The van der Waals surface area contributed by atoms with Crippen LogP contribution in [0, 0.1) is 5.82 Å². The lowest BCUT2D eigenvalue weighted by atomic mass is 9.55. The number of likely N-dealkylation sites (tertiary alicyclic amines) is 2. The van der Waals surface area contributed by atoms with Crippen LogP contribution >= 0.6 is 23.2 Å². The summed E-state index contributed by atoms with van der Waals surface area (Å²) in [5.74, 6) is -1.42. The van der Waals surface area contributed by atoms with E-state index in [4.69, 9.17) is 23.2 Å². The Bertz CT molecular complexity index is 2510. The third-order valence-electron chi connectivity index (χ3n) is 14.8. The number of urea groups is 1. The van der Waals surface area contributed by atoms with Crippen LogP contribution in [0.3, 0.4) is 0 Å². The Morgan fingerprint density at radius 2 is 1.68 bits per heavy atom. The van der Waals surface area contributed by atoms with Crippen LogP contribution in [0.4, 0.5) is 20.7 Å². The average molecular weight is 899 g/mol. The van der Waals surface area contributed by atoms with Crippen molar-refractivity contribution in [1.29, 1.82) is 0 Å². The number of pyridine rings is 1. The predicted molar refractivity (Wildman–Crippen MR) is 236 cm³/mol. The number of amides is 6. The number of carbonyl (C=O) groups excluding carboxylic acids is 5. The molecule has 0 radical (unpaired) electrons. The van der Waals surface area contributed by atoms with E-state index in [0.717, 1.165) is 43.3 Å². The maximum Gasteiger partial charge on any atom is 0.329 e. The second-order valence-corrected chi connectivity index (χ2v) is 19.0. The van der Waals surface area contributed by atoms with Gasteiger partial charge >= 0.3 is 6.03 Å². The first-order valence-electron chi connectivity index (χ1n) is 22.2. The molecule has 1 aliphatic carbocycles. The van der Waals surface area contributed by atoms with Gasteiger partial charge in [0.05, 0.1) is 23.8 Å². The molecule has 0 bridgehead atoms. The van der Waals surface area contributed by atoms with Crippen LogP contribution in [0.25, 0.3) is 5.65 Å². The lowest BCUT2D eigenvalue weighted by Gasteiger charge is -2.47. The van der Waals surface area contributed by atoms with Crippen molar-refractivity contribution in [3.8, 4) is 0 Å². The Kier molecular flexibility index (Phi) is 11.0. The SMILES string of the molecule is O=C1CCN(c2cnc3cc(C4CCN(C(=O)CN5CCC(NC(=O)[C@@H]6NC7(CCCCC7)[C@@]7(C(=O)Nc8cc(Cl)ccc87)[C@H]6c6cccc(Cl)c6F)CC5)CC4)ccn23)C(=O)N1. The minimum absolute atomic E-state index is 0.0677. The van der Waals surface area contributed by atoms with Crippen molar-refractivity contribution < 1.29 is 28.4 Å². The molecule has 4 saturated heterocycles. The van der Waals surface area contributed by atoms with Crippen LogP contribution in [-0.2, 0) is 24.6 Å². The van der Waals surface area contributed by atoms with E-state index in [2.05, 4.69) is 31.2 Å². The van der Waals surface area contributed by atoms with Gasteiger partial charge in [-0.3, -0.25) is 44.0 Å². The quantitative estimate of drug-likeness (QED) is 0.180. The topological polar surface area (TPSA) is 160 Å². The fourth-order valence-electron chi connectivity index (χ4n) is 11.7. The summed E-state index contributed by atoms with van der Waals surface area (Å²) in [5.41, 5.74) is 1.26. The molecular weight excluding hydrogens is 848 g/mol. The molecule has 10 rings (SSSR count). The number of nitrogens with one attached hydrogen (secondary N) is 4. The van der Waals surface area contributed by atoms with Gasteiger partial charge in [-0.2, -0.15) is 0 Å². The molecule has 4 aromatic rings. The summed E-state index contributed by atoms with van der Waals surface area (Å²) >= 11 is 12.8. The highest BCUT2D eigenvalue weighted by Crippen LogP contribution is 2.62. The van der Waals surface area contributed by atoms with Crippen molar-refractivity contribution in [3.63, 3.8) is 0 Å². The van der Waals surface area contributed by atoms with Crippen LogP contribution < -0.4 is 26.2 Å². The van der Waals surface area contributed by atoms with Crippen molar-refractivity contribution >= 4 is 70.0 Å². The second-order valence-electron chi connectivity index (χ2n) is 18.1. The standard InChI is InChI=1S/C46H50Cl2FN9O5/c47-29-7-8-32-34(24-29)52-43(62)46(32)39(31-5-4-6-33(48)40(31)49)41(54-45(46)15-2-1-3-16-45)42(61)51-30-12-17-55(18-13-30)26-38(60)56-19-9-27(10-20-56)28-11-21-57-35(23-28)50-25-37(57)58-22-14-36(59)53-44(58)63/h4-8,11,21,23-25,27,30,39,41,54H,1-3,9-10,12-20,22,26H2,(H,51,61)(H,52,62)(H,53,59,63)/t39-,41+,46+/m0/s1. The van der Waals surface area contributed by atoms with Crippen LogP contribution in [0.15, 0.2) is 60.9 Å². The van der Waals surface area contributed by atoms with Gasteiger partial charge in [0, 0.05) is 73.6 Å². The van der Waals surface area contributed by atoms with Crippen molar-refractivity contribution in [2.45, 2.75) is 99.1 Å². The van der Waals surface area contributed by atoms with E-state index >= 15 is 4.39 Å². The van der Waals surface area contributed by atoms with Gasteiger partial charge in [0.25, 0.3) is 0 Å². The third-order valence-corrected chi connectivity index (χ3v) is 15.3. The molecule has 2 aromatic heterocycles. The molecule has 14 nitrogen and oxygen atoms in total. The van der Waals surface area contributed by atoms with Crippen LogP contribution in [0.1, 0.15) is 92.7 Å². The lowest BCUT2D eigenvalue weighted by Crippen LogP contribution is -2.60. The number of nitrogens with zero attached hydrogens (tertiary/aromatic N) is 5. The number of aromatic nitrogens is 2. The highest BCUT2D eigenvalue weighted by molar-refractivity contribution is 6.31. The number of halogens is 3. The number of rotatable bonds is 7. The normalized spacial score (nSPS) is 25.5. The summed E-state index contributed by atoms with van der Waals surface area (Å²) in [6.45, 7) is 3.14. The molecule has 5 fully saturated rings. The first-order valence-corrected chi connectivity index (χ1v) is 22.9. The zero-order valence-electron chi connectivity index (χ0n) is 34.8. The number of imidazole rings is 1. The zero-order valence-corrected chi connectivity index (χ0v) is 36.3. The van der Waals surface area contributed by atoms with E-state index in [9.17, 15) is 24.0 Å². The summed E-state index contributed by atoms with van der Waals surface area (Å²) in [6.07, 6.45) is 10.7. The number of hydrogen-bond acceptors (Lipinski definition) is 8. The zero-order chi connectivity index (χ0) is 43.6. The van der Waals surface area contributed by atoms with Crippen molar-refractivity contribution in [2.24, 2.45) is 0 Å². The Morgan fingerprint density at radius 1 is 0.905 bits per heavy atom. The third kappa shape index (κ3) is 7.15. The van der Waals surface area contributed by atoms with Crippen LogP contribution in [-0.4, -0.2) is 106 Å². The number of hydrogen-bond donors (Lipinski definition) is 4. The summed E-state index contributed by atoms with van der Waals surface area (Å²) in [5, 5.41) is 12.8. The van der Waals surface area contributed by atoms with Gasteiger partial charge in [0.15, 0.2) is 0 Å². The van der Waals surface area contributed by atoms with Gasteiger partial charge in [0.2, 0.25) is 23.6 Å². The molecule has 17 heteroatoms. The molecule has 4 N–H and O–H groups in total. The average Bonchev–Trinajstić information content (AvgIpc) is 3.92. The maximum absolute atomic E-state index is 16.3. The minimum Gasteiger partial charge on any atom is -0.352 e.